The molecule has 118 valence electrons. The molecule has 0 aromatic rings. The van der Waals surface area contributed by atoms with E-state index in [4.69, 9.17) is 12.2 Å². The Balaban J connectivity index is 0.000000377. The summed E-state index contributed by atoms with van der Waals surface area (Å²) in [6.45, 7) is 2.56. The van der Waals surface area contributed by atoms with Crippen molar-refractivity contribution in [1.29, 1.82) is 0 Å². The molecule has 0 aromatic heterocycles. The Morgan fingerprint density at radius 3 is 2.13 bits per heavy atom. The minimum atomic E-state index is 0. The maximum absolute atomic E-state index is 11.9. The van der Waals surface area contributed by atoms with Gasteiger partial charge in [-0.25, -0.2) is 0 Å². The van der Waals surface area contributed by atoms with Gasteiger partial charge in [-0.2, -0.15) is 0 Å². The maximum atomic E-state index is 11.9. The smallest absolute Gasteiger partial charge is 0.293 e. The Kier molecular flexibility index (Phi) is 10.4. The molecule has 0 N–H and O–H groups in total. The summed E-state index contributed by atoms with van der Waals surface area (Å²) in [6.07, 6.45) is 23.7. The molecule has 3 rings (SSSR count). The first-order chi connectivity index (χ1) is 10.7. The van der Waals surface area contributed by atoms with Crippen LogP contribution >= 0.6 is 24.0 Å². The van der Waals surface area contributed by atoms with Gasteiger partial charge in [0.2, 0.25) is 0 Å². The third-order valence-electron chi connectivity index (χ3n) is 2.97. The van der Waals surface area contributed by atoms with Crippen molar-refractivity contribution < 1.29 is 21.9 Å². The van der Waals surface area contributed by atoms with Crippen LogP contribution in [0, 0.1) is 63.7 Å². The number of thiocarbonyl (C=S) groups is 1. The maximum Gasteiger partial charge on any atom is 2.00 e. The van der Waals surface area contributed by atoms with E-state index in [1.807, 2.05) is 82.9 Å². The fourth-order valence-electron chi connectivity index (χ4n) is 1.85. The van der Waals surface area contributed by atoms with Crippen LogP contribution in [-0.4, -0.2) is 21.7 Å². The van der Waals surface area contributed by atoms with Gasteiger partial charge < -0.3 is 0 Å². The molecule has 0 aromatic carbocycles. The topological polar surface area (TPSA) is 20.3 Å². The summed E-state index contributed by atoms with van der Waals surface area (Å²) in [7, 11) is 0. The Labute approximate surface area is 161 Å². The average molecular weight is 383 g/mol. The summed E-state index contributed by atoms with van der Waals surface area (Å²) in [6, 6.07) is 0. The molecule has 1 saturated heterocycles. The molecule has 3 aliphatic rings. The normalized spacial score (nSPS) is 23.5. The van der Waals surface area contributed by atoms with Crippen LogP contribution in [0.3, 0.4) is 0 Å². The molecule has 1 heterocycles. The molecule has 1 amide bonds. The van der Waals surface area contributed by atoms with Crippen LogP contribution in [0.25, 0.3) is 0 Å². The van der Waals surface area contributed by atoms with Gasteiger partial charge in [0.25, 0.3) is 5.91 Å². The van der Waals surface area contributed by atoms with Crippen molar-refractivity contribution in [3.63, 3.8) is 0 Å². The first-order valence-electron chi connectivity index (χ1n) is 7.03. The summed E-state index contributed by atoms with van der Waals surface area (Å²) in [5, 5.41) is 0. The molecule has 2 saturated carbocycles. The number of thioether (sulfide) groups is 1. The van der Waals surface area contributed by atoms with Crippen LogP contribution in [0.4, 0.5) is 0 Å². The molecule has 5 heteroatoms. The predicted octanol–water partition coefficient (Wildman–Crippen LogP) is 3.73. The Hall–Kier alpha value is -0.0905. The molecule has 2 aliphatic carbocycles. The van der Waals surface area contributed by atoms with Crippen molar-refractivity contribution in [2.75, 3.05) is 6.54 Å². The second-order valence-electron chi connectivity index (χ2n) is 4.49. The van der Waals surface area contributed by atoms with Crippen molar-refractivity contribution in [3.05, 3.63) is 86.8 Å². The zero-order valence-corrected chi connectivity index (χ0v) is 15.4. The summed E-state index contributed by atoms with van der Waals surface area (Å²) in [5.74, 6) is 1.14. The van der Waals surface area contributed by atoms with Gasteiger partial charge in [-0.3, -0.25) is 9.69 Å². The first kappa shape index (κ1) is 21.0. The van der Waals surface area contributed by atoms with Crippen molar-refractivity contribution >= 4 is 34.2 Å². The van der Waals surface area contributed by atoms with Crippen LogP contribution in [-0.2, 0) is 21.9 Å². The molecule has 3 fully saturated rings. The predicted molar refractivity (Wildman–Crippen MR) is 96.7 cm³/mol. The molecule has 23 heavy (non-hydrogen) atoms. The van der Waals surface area contributed by atoms with E-state index >= 15 is 0 Å². The van der Waals surface area contributed by atoms with Crippen LogP contribution in [0.1, 0.15) is 6.92 Å². The monoisotopic (exact) mass is 383 g/mol. The number of rotatable bonds is 3. The fraction of sp³-hybridized carbons (Fsp3) is 0.111. The zero-order valence-electron chi connectivity index (χ0n) is 12.7. The summed E-state index contributed by atoms with van der Waals surface area (Å²) in [4.78, 5) is 14.2. The van der Waals surface area contributed by atoms with Crippen LogP contribution in [0.15, 0.2) is 23.1 Å². The molecule has 0 atom stereocenters. The van der Waals surface area contributed by atoms with Gasteiger partial charge in [0.05, 0.1) is 4.91 Å². The molecule has 1 aliphatic heterocycles. The second kappa shape index (κ2) is 11.5. The SMILES string of the molecule is CCN1C(=O)/C(=C/C=C/[C]2[CH][CH][CH][CH]2)SC1=S.[CH]1[CH][CH][CH][CH]1.[Fe+2]. The van der Waals surface area contributed by atoms with Gasteiger partial charge in [-0.1, -0.05) is 36.1 Å². The van der Waals surface area contributed by atoms with E-state index in [0.717, 1.165) is 5.92 Å². The third kappa shape index (κ3) is 6.73. The van der Waals surface area contributed by atoms with Crippen LogP contribution < -0.4 is 0 Å². The van der Waals surface area contributed by atoms with Crippen molar-refractivity contribution in [2.45, 2.75) is 6.92 Å². The molecule has 10 radical (unpaired) electrons. The largest absolute Gasteiger partial charge is 2.00 e. The van der Waals surface area contributed by atoms with E-state index in [0.29, 0.717) is 15.8 Å². The molecule has 2 nitrogen and oxygen atoms in total. The quantitative estimate of drug-likeness (QED) is 0.421. The number of allylic oxidation sites excluding steroid dienone is 3. The molecular weight excluding hydrogens is 366 g/mol. The van der Waals surface area contributed by atoms with Gasteiger partial charge in [0.1, 0.15) is 4.32 Å². The minimum absolute atomic E-state index is 0. The minimum Gasteiger partial charge on any atom is -0.293 e. The number of hydrogen-bond acceptors (Lipinski definition) is 3. The number of carbonyl (C=O) groups is 1. The number of amides is 1. The average Bonchev–Trinajstić information content (AvgIpc) is 3.25. The van der Waals surface area contributed by atoms with E-state index in [9.17, 15) is 4.79 Å². The number of hydrogen-bond donors (Lipinski definition) is 0. The Bertz CT molecular complexity index is 444. The molecular formula is C18H17FeNOS2+2. The van der Waals surface area contributed by atoms with E-state index in [-0.39, 0.29) is 23.0 Å². The van der Waals surface area contributed by atoms with Crippen molar-refractivity contribution in [1.82, 2.24) is 4.90 Å². The Morgan fingerprint density at radius 1 is 1.09 bits per heavy atom. The summed E-state index contributed by atoms with van der Waals surface area (Å²) >= 11 is 6.49. The molecule has 0 spiro atoms. The Morgan fingerprint density at radius 2 is 1.65 bits per heavy atom. The first-order valence-corrected chi connectivity index (χ1v) is 8.25. The number of carbonyl (C=O) groups excluding carboxylic acids is 1. The molecule has 0 unspecified atom stereocenters. The van der Waals surface area contributed by atoms with Gasteiger partial charge in [-0.05, 0) is 70.8 Å². The van der Waals surface area contributed by atoms with Gasteiger partial charge in [0.15, 0.2) is 0 Å². The number of nitrogens with zero attached hydrogens (tertiary/aromatic N) is 1. The van der Waals surface area contributed by atoms with E-state index in [1.54, 1.807) is 4.90 Å². The standard InChI is InChI=1S/C13H12NOS2.C5H5.Fe/c1-2-14-12(15)11(17-13(14)16)9-5-8-10-6-3-4-7-10;1-2-4-5-3-1;/h3-9H,2H2,1H3;1-5H;/q;;+2/b8-5+,11-9-;;. The van der Waals surface area contributed by atoms with E-state index < -0.39 is 0 Å². The fourth-order valence-corrected chi connectivity index (χ4v) is 3.19. The summed E-state index contributed by atoms with van der Waals surface area (Å²) in [5.41, 5.74) is 0. The third-order valence-corrected chi connectivity index (χ3v) is 4.37. The van der Waals surface area contributed by atoms with E-state index in [1.165, 1.54) is 11.8 Å². The zero-order chi connectivity index (χ0) is 15.8. The van der Waals surface area contributed by atoms with Gasteiger partial charge >= 0.3 is 17.1 Å². The van der Waals surface area contributed by atoms with Crippen molar-refractivity contribution in [2.24, 2.45) is 0 Å². The second-order valence-corrected chi connectivity index (χ2v) is 6.16. The van der Waals surface area contributed by atoms with Crippen LogP contribution in [0.2, 0.25) is 0 Å². The van der Waals surface area contributed by atoms with Crippen molar-refractivity contribution in [3.8, 4) is 0 Å². The van der Waals surface area contributed by atoms with E-state index in [2.05, 4.69) is 0 Å². The number of likely N-dealkylation sites (N-methyl/N-ethyl adjacent to an activating group) is 1. The van der Waals surface area contributed by atoms with Crippen LogP contribution in [0.5, 0.6) is 0 Å². The summed E-state index contributed by atoms with van der Waals surface area (Å²) < 4.78 is 0.644. The molecule has 0 bridgehead atoms. The van der Waals surface area contributed by atoms with Gasteiger partial charge in [-0.15, -0.1) is 0 Å². The van der Waals surface area contributed by atoms with Gasteiger partial charge in [0, 0.05) is 12.5 Å².